The fourth-order valence-corrected chi connectivity index (χ4v) is 6.28. The average molecular weight is 434 g/mol. The van der Waals surface area contributed by atoms with Crippen LogP contribution in [0.2, 0.25) is 0 Å². The van der Waals surface area contributed by atoms with Crippen molar-refractivity contribution in [3.05, 3.63) is 29.8 Å². The van der Waals surface area contributed by atoms with Crippen molar-refractivity contribution in [3.63, 3.8) is 0 Å². The summed E-state index contributed by atoms with van der Waals surface area (Å²) in [6.45, 7) is 6.22. The molecule has 6 nitrogen and oxygen atoms in total. The van der Waals surface area contributed by atoms with E-state index in [0.717, 1.165) is 56.9 Å². The molecule has 3 fully saturated rings. The summed E-state index contributed by atoms with van der Waals surface area (Å²) in [6.07, 6.45) is 8.21. The van der Waals surface area contributed by atoms with E-state index in [1.54, 1.807) is 16.4 Å². The molecule has 0 radical (unpaired) electrons. The lowest BCUT2D eigenvalue weighted by Crippen LogP contribution is -2.37. The minimum absolute atomic E-state index is 0.217. The number of aryl methyl sites for hydroxylation is 1. The predicted octanol–water partition coefficient (Wildman–Crippen LogP) is 2.74. The number of hydrogen-bond donors (Lipinski definition) is 0. The number of nitrogens with zero attached hydrogens (tertiary/aromatic N) is 3. The Morgan fingerprint density at radius 1 is 0.867 bits per heavy atom. The number of hydrogen-bond acceptors (Lipinski definition) is 4. The Morgan fingerprint density at radius 2 is 1.60 bits per heavy atom. The van der Waals surface area contributed by atoms with E-state index in [0.29, 0.717) is 30.8 Å². The third-order valence-corrected chi connectivity index (χ3v) is 8.85. The van der Waals surface area contributed by atoms with E-state index in [1.807, 2.05) is 17.0 Å². The van der Waals surface area contributed by atoms with Crippen molar-refractivity contribution in [2.45, 2.75) is 56.3 Å². The van der Waals surface area contributed by atoms with E-state index in [-0.39, 0.29) is 5.91 Å². The highest BCUT2D eigenvalue weighted by molar-refractivity contribution is 7.89. The maximum Gasteiger partial charge on any atom is 0.243 e. The molecule has 0 aromatic heterocycles. The number of carbonyl (C=O) groups is 1. The first kappa shape index (κ1) is 21.8. The van der Waals surface area contributed by atoms with Crippen molar-refractivity contribution in [2.75, 3.05) is 45.8 Å². The molecule has 2 aliphatic heterocycles. The van der Waals surface area contributed by atoms with Gasteiger partial charge in [-0.2, -0.15) is 4.31 Å². The molecule has 1 aromatic rings. The van der Waals surface area contributed by atoms with Crippen molar-refractivity contribution < 1.29 is 13.2 Å². The maximum absolute atomic E-state index is 12.7. The highest BCUT2D eigenvalue weighted by Gasteiger charge is 2.27. The lowest BCUT2D eigenvalue weighted by Gasteiger charge is -2.31. The van der Waals surface area contributed by atoms with Crippen LogP contribution in [0.5, 0.6) is 0 Å². The smallest absolute Gasteiger partial charge is 0.243 e. The van der Waals surface area contributed by atoms with Gasteiger partial charge in [0.05, 0.1) is 4.90 Å². The Hall–Kier alpha value is -1.44. The van der Waals surface area contributed by atoms with Gasteiger partial charge in [0.2, 0.25) is 15.9 Å². The predicted molar refractivity (Wildman–Crippen MR) is 118 cm³/mol. The van der Waals surface area contributed by atoms with Gasteiger partial charge in [-0.15, -0.1) is 0 Å². The summed E-state index contributed by atoms with van der Waals surface area (Å²) in [4.78, 5) is 17.6. The summed E-state index contributed by atoms with van der Waals surface area (Å²) in [6, 6.07) is 7.10. The number of rotatable bonds is 7. The number of amides is 1. The summed E-state index contributed by atoms with van der Waals surface area (Å²) in [7, 11) is -3.37. The Bertz CT molecular complexity index is 815. The molecule has 2 saturated heterocycles. The SMILES string of the molecule is O=C(CCc1ccc(S(=O)(=O)N2CCCC2)cc1)N1CCCN(CC2CCC2)CC1. The van der Waals surface area contributed by atoms with E-state index >= 15 is 0 Å². The van der Waals surface area contributed by atoms with Crippen LogP contribution >= 0.6 is 0 Å². The zero-order chi connectivity index (χ0) is 21.0. The maximum atomic E-state index is 12.7. The van der Waals surface area contributed by atoms with Gasteiger partial charge in [-0.1, -0.05) is 18.6 Å². The molecule has 2 heterocycles. The zero-order valence-electron chi connectivity index (χ0n) is 18.0. The number of carbonyl (C=O) groups excluding carboxylic acids is 1. The minimum Gasteiger partial charge on any atom is -0.341 e. The molecule has 0 atom stereocenters. The van der Waals surface area contributed by atoms with Crippen LogP contribution in [-0.2, 0) is 21.2 Å². The standard InChI is InChI=1S/C23H35N3O3S/c27-23(25-14-4-13-24(17-18-25)19-21-5-3-6-21)12-9-20-7-10-22(11-8-20)30(28,29)26-15-1-2-16-26/h7-8,10-11,21H,1-6,9,12-19H2. The number of sulfonamides is 1. The summed E-state index contributed by atoms with van der Waals surface area (Å²) < 4.78 is 26.8. The van der Waals surface area contributed by atoms with Crippen LogP contribution in [0.4, 0.5) is 0 Å². The monoisotopic (exact) mass is 433 g/mol. The van der Waals surface area contributed by atoms with E-state index in [4.69, 9.17) is 0 Å². The first-order chi connectivity index (χ1) is 14.5. The van der Waals surface area contributed by atoms with Crippen LogP contribution in [0.1, 0.15) is 50.5 Å². The van der Waals surface area contributed by atoms with Crippen molar-refractivity contribution in [2.24, 2.45) is 5.92 Å². The summed E-state index contributed by atoms with van der Waals surface area (Å²) >= 11 is 0. The van der Waals surface area contributed by atoms with Gasteiger partial charge in [-0.05, 0) is 68.7 Å². The topological polar surface area (TPSA) is 60.9 Å². The largest absolute Gasteiger partial charge is 0.341 e. The van der Waals surface area contributed by atoms with Crippen LogP contribution < -0.4 is 0 Å². The second-order valence-corrected chi connectivity index (χ2v) is 11.0. The van der Waals surface area contributed by atoms with E-state index < -0.39 is 10.0 Å². The molecular formula is C23H35N3O3S. The van der Waals surface area contributed by atoms with Gasteiger partial charge in [-0.25, -0.2) is 8.42 Å². The van der Waals surface area contributed by atoms with Crippen LogP contribution in [0.3, 0.4) is 0 Å². The average Bonchev–Trinajstić information content (AvgIpc) is 3.17. The van der Waals surface area contributed by atoms with Crippen LogP contribution in [0, 0.1) is 5.92 Å². The van der Waals surface area contributed by atoms with Crippen LogP contribution in [0.15, 0.2) is 29.2 Å². The Balaban J connectivity index is 1.25. The summed E-state index contributed by atoms with van der Waals surface area (Å²) in [5, 5.41) is 0. The normalized spacial score (nSPS) is 22.1. The van der Waals surface area contributed by atoms with Gasteiger partial charge in [0.1, 0.15) is 0 Å². The molecule has 7 heteroatoms. The molecule has 0 bridgehead atoms. The molecule has 30 heavy (non-hydrogen) atoms. The first-order valence-corrected chi connectivity index (χ1v) is 13.1. The molecule has 0 N–H and O–H groups in total. The van der Waals surface area contributed by atoms with Crippen molar-refractivity contribution in [3.8, 4) is 0 Å². The van der Waals surface area contributed by atoms with Gasteiger partial charge in [0.15, 0.2) is 0 Å². The Labute approximate surface area is 181 Å². The molecule has 0 unspecified atom stereocenters. The quantitative estimate of drug-likeness (QED) is 0.663. The summed E-state index contributed by atoms with van der Waals surface area (Å²) in [5.41, 5.74) is 1.02. The fourth-order valence-electron chi connectivity index (χ4n) is 4.76. The van der Waals surface area contributed by atoms with Crippen molar-refractivity contribution >= 4 is 15.9 Å². The second kappa shape index (κ2) is 9.79. The first-order valence-electron chi connectivity index (χ1n) is 11.6. The van der Waals surface area contributed by atoms with Gasteiger partial charge < -0.3 is 9.80 Å². The van der Waals surface area contributed by atoms with Gasteiger partial charge in [-0.3, -0.25) is 4.79 Å². The van der Waals surface area contributed by atoms with Crippen molar-refractivity contribution in [1.29, 1.82) is 0 Å². The van der Waals surface area contributed by atoms with Crippen molar-refractivity contribution in [1.82, 2.24) is 14.1 Å². The lowest BCUT2D eigenvalue weighted by molar-refractivity contribution is -0.131. The van der Waals surface area contributed by atoms with Crippen LogP contribution in [-0.4, -0.2) is 74.2 Å². The number of benzene rings is 1. The zero-order valence-corrected chi connectivity index (χ0v) is 18.8. The van der Waals surface area contributed by atoms with E-state index in [2.05, 4.69) is 4.90 Å². The lowest BCUT2D eigenvalue weighted by atomic mass is 9.85. The highest BCUT2D eigenvalue weighted by atomic mass is 32.2. The Morgan fingerprint density at radius 3 is 2.27 bits per heavy atom. The van der Waals surface area contributed by atoms with E-state index in [1.165, 1.54) is 25.8 Å². The summed E-state index contributed by atoms with van der Waals surface area (Å²) in [5.74, 6) is 1.10. The highest BCUT2D eigenvalue weighted by Crippen LogP contribution is 2.27. The third-order valence-electron chi connectivity index (χ3n) is 6.94. The molecule has 0 spiro atoms. The molecular weight excluding hydrogens is 398 g/mol. The second-order valence-electron chi connectivity index (χ2n) is 9.09. The molecule has 1 saturated carbocycles. The van der Waals surface area contributed by atoms with Gasteiger partial charge in [0.25, 0.3) is 0 Å². The fraction of sp³-hybridized carbons (Fsp3) is 0.696. The molecule has 1 aliphatic carbocycles. The molecule has 4 rings (SSSR count). The molecule has 3 aliphatic rings. The molecule has 1 aromatic carbocycles. The Kier molecular flexibility index (Phi) is 7.11. The van der Waals surface area contributed by atoms with Gasteiger partial charge >= 0.3 is 0 Å². The minimum atomic E-state index is -3.37. The molecule has 1 amide bonds. The van der Waals surface area contributed by atoms with Crippen LogP contribution in [0.25, 0.3) is 0 Å². The molecule has 166 valence electrons. The third kappa shape index (κ3) is 5.24. The van der Waals surface area contributed by atoms with Gasteiger partial charge in [0, 0.05) is 45.7 Å². The van der Waals surface area contributed by atoms with E-state index in [9.17, 15) is 13.2 Å².